The van der Waals surface area contributed by atoms with Crippen LogP contribution in [0.1, 0.15) is 0 Å². The van der Waals surface area contributed by atoms with Gasteiger partial charge in [0.1, 0.15) is 13.8 Å². The summed E-state index contributed by atoms with van der Waals surface area (Å²) < 4.78 is 5.25. The van der Waals surface area contributed by atoms with Gasteiger partial charge in [0.25, 0.3) is 0 Å². The largest absolute Gasteiger partial charge is 0.496 e. The van der Waals surface area contributed by atoms with Crippen LogP contribution in [-0.2, 0) is 0 Å². The van der Waals surface area contributed by atoms with Crippen molar-refractivity contribution in [3.8, 4) is 5.75 Å². The van der Waals surface area contributed by atoms with Gasteiger partial charge in [-0.2, -0.15) is 0 Å². The Morgan fingerprint density at radius 3 is 2.28 bits per heavy atom. The van der Waals surface area contributed by atoms with E-state index in [9.17, 15) is 15.3 Å². The second-order valence-electron chi connectivity index (χ2n) is 4.22. The van der Waals surface area contributed by atoms with Gasteiger partial charge in [-0.05, 0) is 23.9 Å². The molecule has 1 aromatic rings. The number of para-hydroxylation sites is 1. The van der Waals surface area contributed by atoms with E-state index < -0.39 is 8.07 Å². The van der Waals surface area contributed by atoms with E-state index in [0.29, 0.717) is 6.04 Å². The summed E-state index contributed by atoms with van der Waals surface area (Å²) in [6, 6.07) is 8.41. The predicted octanol–water partition coefficient (Wildman–Crippen LogP) is 0.831. The van der Waals surface area contributed by atoms with Crippen LogP contribution in [0.2, 0.25) is 6.04 Å². The topological polar surface area (TPSA) is 69.9 Å². The van der Waals surface area contributed by atoms with Crippen molar-refractivity contribution in [3.63, 3.8) is 0 Å². The van der Waals surface area contributed by atoms with Crippen LogP contribution in [0.25, 0.3) is 0 Å². The van der Waals surface area contributed by atoms with Gasteiger partial charge >= 0.3 is 0 Å². The van der Waals surface area contributed by atoms with Crippen molar-refractivity contribution < 1.29 is 20.1 Å². The van der Waals surface area contributed by atoms with E-state index in [-0.39, 0.29) is 18.7 Å². The molecule has 0 radical (unpaired) electrons. The minimum absolute atomic E-state index is 0.0769. The summed E-state index contributed by atoms with van der Waals surface area (Å²) in [5.74, 6) is 1.58. The molecular weight excluding hydrogens is 268 g/mol. The van der Waals surface area contributed by atoms with Crippen molar-refractivity contribution >= 4 is 19.8 Å². The van der Waals surface area contributed by atoms with Crippen LogP contribution in [-0.4, -0.2) is 54.9 Å². The lowest BCUT2D eigenvalue weighted by Gasteiger charge is -2.24. The maximum absolute atomic E-state index is 9.28. The summed E-state index contributed by atoms with van der Waals surface area (Å²) >= 11 is 1.62. The SMILES string of the molecule is COc1ccccc1SCC[Si](CO)(CO)CO. The zero-order valence-corrected chi connectivity index (χ0v) is 12.3. The highest BCUT2D eigenvalue weighted by Crippen LogP contribution is 2.30. The monoisotopic (exact) mass is 288 g/mol. The van der Waals surface area contributed by atoms with Gasteiger partial charge in [-0.15, -0.1) is 11.8 Å². The number of aliphatic hydroxyl groups is 3. The molecule has 0 heterocycles. The van der Waals surface area contributed by atoms with Crippen LogP contribution in [0.3, 0.4) is 0 Å². The number of thioether (sulfide) groups is 1. The lowest BCUT2D eigenvalue weighted by molar-refractivity contribution is 0.287. The van der Waals surface area contributed by atoms with Crippen LogP contribution >= 0.6 is 11.8 Å². The average molecular weight is 288 g/mol. The average Bonchev–Trinajstić information content (AvgIpc) is 2.44. The van der Waals surface area contributed by atoms with Crippen LogP contribution in [0.4, 0.5) is 0 Å². The first kappa shape index (κ1) is 15.5. The van der Waals surface area contributed by atoms with Gasteiger partial charge in [0, 0.05) is 23.6 Å². The Balaban J connectivity index is 2.55. The molecule has 0 amide bonds. The zero-order valence-electron chi connectivity index (χ0n) is 10.5. The summed E-state index contributed by atoms with van der Waals surface area (Å²) in [4.78, 5) is 1.04. The Kier molecular flexibility index (Phi) is 6.73. The number of ether oxygens (including phenoxy) is 1. The summed E-state index contributed by atoms with van der Waals surface area (Å²) in [6.07, 6.45) is -0.231. The van der Waals surface area contributed by atoms with Crippen LogP contribution < -0.4 is 4.74 Å². The Morgan fingerprint density at radius 1 is 1.11 bits per heavy atom. The fraction of sp³-hybridized carbons (Fsp3) is 0.500. The minimum atomic E-state index is -2.29. The standard InChI is InChI=1S/C12H20O4SSi/c1-16-11-4-2-3-5-12(11)17-6-7-18(8-13,9-14)10-15/h2-5,13-15H,6-10H2,1H3. The van der Waals surface area contributed by atoms with E-state index in [2.05, 4.69) is 0 Å². The van der Waals surface area contributed by atoms with E-state index in [0.717, 1.165) is 16.4 Å². The molecule has 0 saturated carbocycles. The molecule has 0 saturated heterocycles. The van der Waals surface area contributed by atoms with Gasteiger partial charge in [0.05, 0.1) is 7.11 Å². The van der Waals surface area contributed by atoms with E-state index in [4.69, 9.17) is 4.74 Å². The van der Waals surface area contributed by atoms with Crippen molar-refractivity contribution in [2.75, 3.05) is 31.6 Å². The molecule has 0 aromatic heterocycles. The van der Waals surface area contributed by atoms with Crippen LogP contribution in [0.15, 0.2) is 29.2 Å². The third kappa shape index (κ3) is 3.99. The number of rotatable bonds is 8. The number of aliphatic hydroxyl groups excluding tert-OH is 3. The van der Waals surface area contributed by atoms with Crippen molar-refractivity contribution in [3.05, 3.63) is 24.3 Å². The fourth-order valence-electron chi connectivity index (χ4n) is 1.50. The fourth-order valence-corrected chi connectivity index (χ4v) is 5.11. The molecule has 0 spiro atoms. The van der Waals surface area contributed by atoms with E-state index >= 15 is 0 Å². The van der Waals surface area contributed by atoms with Gasteiger partial charge < -0.3 is 20.1 Å². The minimum Gasteiger partial charge on any atom is -0.496 e. The van der Waals surface area contributed by atoms with E-state index in [1.165, 1.54) is 0 Å². The Hall–Kier alpha value is -0.533. The Labute approximate surface area is 113 Å². The maximum atomic E-state index is 9.28. The molecule has 3 N–H and O–H groups in total. The van der Waals surface area contributed by atoms with Gasteiger partial charge in [-0.1, -0.05) is 12.1 Å². The number of methoxy groups -OCH3 is 1. The quantitative estimate of drug-likeness (QED) is 0.488. The van der Waals surface area contributed by atoms with Crippen molar-refractivity contribution in [1.82, 2.24) is 0 Å². The molecule has 4 nitrogen and oxygen atoms in total. The van der Waals surface area contributed by atoms with Gasteiger partial charge in [0.15, 0.2) is 0 Å². The molecule has 18 heavy (non-hydrogen) atoms. The first-order valence-electron chi connectivity index (χ1n) is 5.80. The first-order chi connectivity index (χ1) is 8.71. The lowest BCUT2D eigenvalue weighted by Crippen LogP contribution is -2.48. The molecular formula is C12H20O4SSi. The first-order valence-corrected chi connectivity index (χ1v) is 9.61. The van der Waals surface area contributed by atoms with Gasteiger partial charge in [-0.3, -0.25) is 0 Å². The molecule has 0 aliphatic carbocycles. The summed E-state index contributed by atoms with van der Waals surface area (Å²) in [5, 5.41) is 27.8. The Morgan fingerprint density at radius 2 is 1.72 bits per heavy atom. The molecule has 0 unspecified atom stereocenters. The molecule has 0 bridgehead atoms. The molecule has 6 heteroatoms. The molecule has 0 aliphatic rings. The van der Waals surface area contributed by atoms with Crippen molar-refractivity contribution in [2.24, 2.45) is 0 Å². The molecule has 0 fully saturated rings. The van der Waals surface area contributed by atoms with Crippen LogP contribution in [0, 0.1) is 0 Å². The van der Waals surface area contributed by atoms with Gasteiger partial charge in [-0.25, -0.2) is 0 Å². The highest BCUT2D eigenvalue weighted by Gasteiger charge is 2.30. The zero-order chi connectivity index (χ0) is 13.4. The number of hydrogen-bond donors (Lipinski definition) is 3. The maximum Gasteiger partial charge on any atom is 0.140 e. The number of benzene rings is 1. The molecule has 0 atom stereocenters. The molecule has 0 aliphatic heterocycles. The highest BCUT2D eigenvalue weighted by atomic mass is 32.2. The smallest absolute Gasteiger partial charge is 0.140 e. The molecule has 1 aromatic carbocycles. The highest BCUT2D eigenvalue weighted by molar-refractivity contribution is 7.99. The van der Waals surface area contributed by atoms with E-state index in [1.807, 2.05) is 24.3 Å². The van der Waals surface area contributed by atoms with E-state index in [1.54, 1.807) is 18.9 Å². The van der Waals surface area contributed by atoms with Crippen molar-refractivity contribution in [1.29, 1.82) is 0 Å². The third-order valence-electron chi connectivity index (χ3n) is 2.97. The Bertz CT molecular complexity index is 349. The second-order valence-corrected chi connectivity index (χ2v) is 9.81. The lowest BCUT2D eigenvalue weighted by atomic mass is 10.3. The van der Waals surface area contributed by atoms with Crippen molar-refractivity contribution in [2.45, 2.75) is 10.9 Å². The molecule has 102 valence electrons. The predicted molar refractivity (Wildman–Crippen MR) is 75.5 cm³/mol. The summed E-state index contributed by atoms with van der Waals surface area (Å²) in [7, 11) is -0.661. The summed E-state index contributed by atoms with van der Waals surface area (Å²) in [6.45, 7) is 0. The van der Waals surface area contributed by atoms with Crippen LogP contribution in [0.5, 0.6) is 5.75 Å². The van der Waals surface area contributed by atoms with Gasteiger partial charge in [0.2, 0.25) is 0 Å². The second kappa shape index (κ2) is 7.80. The number of hydrogen-bond acceptors (Lipinski definition) is 5. The third-order valence-corrected chi connectivity index (χ3v) is 7.71. The molecule has 1 rings (SSSR count). The normalized spacial score (nSPS) is 11.6. The summed E-state index contributed by atoms with van der Waals surface area (Å²) in [5.41, 5.74) is 0.